The van der Waals surface area contributed by atoms with Crippen molar-refractivity contribution in [1.82, 2.24) is 35.3 Å². The molecule has 0 bridgehead atoms. The van der Waals surface area contributed by atoms with Crippen molar-refractivity contribution in [1.29, 1.82) is 0 Å². The zero-order valence-electron chi connectivity index (χ0n) is 17.8. The monoisotopic (exact) mass is 477 g/mol. The molecule has 4 aromatic heterocycles. The maximum Gasteiger partial charge on any atom is 0.144 e. The molecule has 0 unspecified atom stereocenters. The summed E-state index contributed by atoms with van der Waals surface area (Å²) in [7, 11) is 0. The Morgan fingerprint density at radius 3 is 2.68 bits per heavy atom. The number of aromatic amines is 1. The van der Waals surface area contributed by atoms with Crippen molar-refractivity contribution in [3.8, 4) is 33.6 Å². The minimum absolute atomic E-state index is 0.113. The first kappa shape index (κ1) is 20.9. The van der Waals surface area contributed by atoms with Gasteiger partial charge in [-0.1, -0.05) is 11.6 Å². The summed E-state index contributed by atoms with van der Waals surface area (Å²) < 4.78 is 30.1. The van der Waals surface area contributed by atoms with Crippen LogP contribution in [-0.2, 0) is 6.54 Å². The molecule has 10 heteroatoms. The van der Waals surface area contributed by atoms with Gasteiger partial charge in [0, 0.05) is 66.3 Å². The van der Waals surface area contributed by atoms with Crippen molar-refractivity contribution >= 4 is 22.6 Å². The molecule has 1 saturated heterocycles. The minimum Gasteiger partial charge on any atom is -0.316 e. The van der Waals surface area contributed by atoms with Crippen molar-refractivity contribution in [2.24, 2.45) is 5.92 Å². The van der Waals surface area contributed by atoms with Gasteiger partial charge >= 0.3 is 0 Å². The smallest absolute Gasteiger partial charge is 0.144 e. The highest BCUT2D eigenvalue weighted by atomic mass is 35.5. The maximum atomic E-state index is 14.5. The summed E-state index contributed by atoms with van der Waals surface area (Å²) >= 11 is 5.89. The van der Waals surface area contributed by atoms with Crippen LogP contribution in [0, 0.1) is 17.6 Å². The number of pyridine rings is 2. The van der Waals surface area contributed by atoms with E-state index in [-0.39, 0.29) is 10.6 Å². The quantitative estimate of drug-likeness (QED) is 0.358. The van der Waals surface area contributed by atoms with E-state index in [0.29, 0.717) is 28.4 Å². The minimum atomic E-state index is -0.820. The Labute approximate surface area is 197 Å². The Morgan fingerprint density at radius 2 is 1.85 bits per heavy atom. The lowest BCUT2D eigenvalue weighted by Gasteiger charge is -2.26. The number of nitrogens with zero attached hydrogens (tertiary/aromatic N) is 5. The first-order valence-corrected chi connectivity index (χ1v) is 11.1. The van der Waals surface area contributed by atoms with Crippen LogP contribution in [0.1, 0.15) is 0 Å². The summed E-state index contributed by atoms with van der Waals surface area (Å²) in [6.07, 6.45) is 7.19. The third-order valence-electron chi connectivity index (χ3n) is 6.01. The SMILES string of the molecule is Fc1cc(F)c(-c2[nH]ncc2-c2ccc3ncc(-c4cnn(CC5CNC5)c4)cc3n2)cc1Cl. The van der Waals surface area contributed by atoms with E-state index in [0.717, 1.165) is 42.3 Å². The summed E-state index contributed by atoms with van der Waals surface area (Å²) in [5, 5.41) is 14.4. The fourth-order valence-corrected chi connectivity index (χ4v) is 4.23. The predicted octanol–water partition coefficient (Wildman–Crippen LogP) is 4.70. The molecule has 1 aliphatic heterocycles. The first-order valence-electron chi connectivity index (χ1n) is 10.7. The van der Waals surface area contributed by atoms with Gasteiger partial charge in [-0.3, -0.25) is 14.8 Å². The van der Waals surface area contributed by atoms with Gasteiger partial charge in [-0.25, -0.2) is 13.8 Å². The predicted molar refractivity (Wildman–Crippen MR) is 125 cm³/mol. The van der Waals surface area contributed by atoms with Gasteiger partial charge in [0.05, 0.1) is 39.8 Å². The van der Waals surface area contributed by atoms with Crippen LogP contribution >= 0.6 is 11.6 Å². The molecule has 170 valence electrons. The summed E-state index contributed by atoms with van der Waals surface area (Å²) in [4.78, 5) is 9.29. The maximum absolute atomic E-state index is 14.5. The number of hydrogen-bond acceptors (Lipinski definition) is 5. The van der Waals surface area contributed by atoms with E-state index in [1.54, 1.807) is 18.5 Å². The summed E-state index contributed by atoms with van der Waals surface area (Å²) in [6, 6.07) is 7.58. The van der Waals surface area contributed by atoms with Crippen LogP contribution in [0.3, 0.4) is 0 Å². The van der Waals surface area contributed by atoms with Gasteiger partial charge < -0.3 is 5.32 Å². The highest BCUT2D eigenvalue weighted by Gasteiger charge is 2.19. The molecular weight excluding hydrogens is 460 g/mol. The second-order valence-corrected chi connectivity index (χ2v) is 8.75. The normalized spacial score (nSPS) is 14.0. The van der Waals surface area contributed by atoms with Crippen LogP contribution in [0.4, 0.5) is 8.78 Å². The van der Waals surface area contributed by atoms with E-state index in [1.807, 2.05) is 29.2 Å². The van der Waals surface area contributed by atoms with Crippen LogP contribution in [0.5, 0.6) is 0 Å². The standard InChI is InChI=1S/C24H18ClF2N7/c25-18-4-16(19(26)5-20(18)27)24-17(10-30-33-24)21-1-2-22-23(32-21)3-14(8-29-22)15-9-31-34(12-15)11-13-6-28-7-13/h1-5,8-10,12-13,28H,6-7,11H2,(H,30,33). The number of aromatic nitrogens is 6. The van der Waals surface area contributed by atoms with Crippen LogP contribution < -0.4 is 5.32 Å². The van der Waals surface area contributed by atoms with Crippen LogP contribution in [0.15, 0.2) is 55.1 Å². The van der Waals surface area contributed by atoms with Gasteiger partial charge in [0.1, 0.15) is 11.6 Å². The fraction of sp³-hybridized carbons (Fsp3) is 0.167. The average molecular weight is 478 g/mol. The van der Waals surface area contributed by atoms with Gasteiger partial charge in [0.2, 0.25) is 0 Å². The second-order valence-electron chi connectivity index (χ2n) is 8.34. The molecule has 0 aliphatic carbocycles. The van der Waals surface area contributed by atoms with E-state index in [4.69, 9.17) is 16.6 Å². The number of benzene rings is 1. The van der Waals surface area contributed by atoms with E-state index < -0.39 is 11.6 Å². The number of halogens is 3. The largest absolute Gasteiger partial charge is 0.316 e. The molecule has 0 atom stereocenters. The van der Waals surface area contributed by atoms with Crippen molar-refractivity contribution in [3.63, 3.8) is 0 Å². The van der Waals surface area contributed by atoms with E-state index in [1.165, 1.54) is 6.07 Å². The van der Waals surface area contributed by atoms with Crippen LogP contribution in [0.2, 0.25) is 5.02 Å². The van der Waals surface area contributed by atoms with Gasteiger partial charge in [0.25, 0.3) is 0 Å². The molecule has 1 aromatic carbocycles. The Kier molecular flexibility index (Phi) is 5.08. The fourth-order valence-electron chi connectivity index (χ4n) is 4.07. The average Bonchev–Trinajstić information content (AvgIpc) is 3.48. The third-order valence-corrected chi connectivity index (χ3v) is 6.30. The zero-order chi connectivity index (χ0) is 23.2. The number of nitrogens with one attached hydrogen (secondary N) is 2. The van der Waals surface area contributed by atoms with Crippen LogP contribution in [0.25, 0.3) is 44.7 Å². The molecule has 0 amide bonds. The lowest BCUT2D eigenvalue weighted by Crippen LogP contribution is -2.44. The van der Waals surface area contributed by atoms with Gasteiger partial charge in [-0.2, -0.15) is 10.2 Å². The van der Waals surface area contributed by atoms with Crippen molar-refractivity contribution in [3.05, 3.63) is 71.8 Å². The molecule has 6 rings (SSSR count). The summed E-state index contributed by atoms with van der Waals surface area (Å²) in [6.45, 7) is 2.91. The van der Waals surface area contributed by atoms with Crippen molar-refractivity contribution < 1.29 is 8.78 Å². The first-order chi connectivity index (χ1) is 16.5. The number of hydrogen-bond donors (Lipinski definition) is 2. The molecule has 5 heterocycles. The van der Waals surface area contributed by atoms with Gasteiger partial charge in [-0.05, 0) is 24.3 Å². The molecule has 5 aromatic rings. The number of fused-ring (bicyclic) bond motifs is 1. The van der Waals surface area contributed by atoms with Gasteiger partial charge in [-0.15, -0.1) is 0 Å². The summed E-state index contributed by atoms with van der Waals surface area (Å²) in [5.41, 5.74) is 4.87. The zero-order valence-corrected chi connectivity index (χ0v) is 18.5. The molecule has 1 aliphatic rings. The lowest BCUT2D eigenvalue weighted by atomic mass is 10.0. The molecule has 34 heavy (non-hydrogen) atoms. The van der Waals surface area contributed by atoms with E-state index >= 15 is 0 Å². The Balaban J connectivity index is 1.36. The Morgan fingerprint density at radius 1 is 0.971 bits per heavy atom. The number of H-pyrrole nitrogens is 1. The second kappa shape index (κ2) is 8.27. The Hall–Kier alpha value is -3.69. The third kappa shape index (κ3) is 3.72. The number of rotatable bonds is 5. The molecule has 1 fully saturated rings. The molecule has 0 saturated carbocycles. The highest BCUT2D eigenvalue weighted by molar-refractivity contribution is 6.31. The van der Waals surface area contributed by atoms with Crippen molar-refractivity contribution in [2.75, 3.05) is 13.1 Å². The molecule has 0 spiro atoms. The van der Waals surface area contributed by atoms with Crippen LogP contribution in [-0.4, -0.2) is 43.0 Å². The highest BCUT2D eigenvalue weighted by Crippen LogP contribution is 2.34. The molecular formula is C24H18ClF2N7. The van der Waals surface area contributed by atoms with E-state index in [2.05, 4.69) is 25.6 Å². The topological polar surface area (TPSA) is 84.3 Å². The molecule has 0 radical (unpaired) electrons. The Bertz CT molecular complexity index is 1520. The van der Waals surface area contributed by atoms with Gasteiger partial charge in [0.15, 0.2) is 0 Å². The summed E-state index contributed by atoms with van der Waals surface area (Å²) in [5.74, 6) is -0.956. The molecule has 2 N–H and O–H groups in total. The lowest BCUT2D eigenvalue weighted by molar-refractivity contribution is 0.295. The van der Waals surface area contributed by atoms with E-state index in [9.17, 15) is 8.78 Å². The molecule has 7 nitrogen and oxygen atoms in total. The van der Waals surface area contributed by atoms with Crippen molar-refractivity contribution in [2.45, 2.75) is 6.54 Å².